The minimum Gasteiger partial charge on any atom is -0.497 e. The number of likely N-dealkylation sites (N-methyl/N-ethyl adjacent to an activating group) is 1. The molecule has 1 amide bonds. The highest BCUT2D eigenvalue weighted by Gasteiger charge is 2.19. The Bertz CT molecular complexity index is 1020. The minimum atomic E-state index is -0.417. The summed E-state index contributed by atoms with van der Waals surface area (Å²) in [6.45, 7) is 3.22. The Morgan fingerprint density at radius 2 is 1.44 bits per heavy atom. The molecule has 0 aliphatic carbocycles. The van der Waals surface area contributed by atoms with Gasteiger partial charge in [0.15, 0.2) is 11.6 Å². The first-order valence-corrected chi connectivity index (χ1v) is 11.1. The van der Waals surface area contributed by atoms with Crippen molar-refractivity contribution in [1.29, 1.82) is 0 Å². The molecule has 0 bridgehead atoms. The van der Waals surface area contributed by atoms with E-state index in [1.54, 1.807) is 26.4 Å². The summed E-state index contributed by atoms with van der Waals surface area (Å²) >= 11 is 0. The van der Waals surface area contributed by atoms with Crippen molar-refractivity contribution < 1.29 is 23.4 Å². The zero-order valence-corrected chi connectivity index (χ0v) is 20.0. The van der Waals surface area contributed by atoms with Crippen LogP contribution in [0.1, 0.15) is 29.7 Å². The maximum absolute atomic E-state index is 14.1. The van der Waals surface area contributed by atoms with E-state index in [4.69, 9.17) is 14.2 Å². The standard InChI is InChI=1S/C27H31FN2O4/c1-5-30(17-19-6-15-25(34-4)24(28)16-19)18-26(31)29-27(20-7-11-22(32-2)12-8-20)21-9-13-23(33-3)14-10-21/h6-16,27H,5,17-18H2,1-4H3,(H,29,31). The van der Waals surface area contributed by atoms with E-state index in [0.717, 1.165) is 28.2 Å². The Kier molecular flexibility index (Phi) is 8.87. The Morgan fingerprint density at radius 1 is 0.882 bits per heavy atom. The third kappa shape index (κ3) is 6.48. The molecular weight excluding hydrogens is 435 g/mol. The largest absolute Gasteiger partial charge is 0.497 e. The molecule has 0 spiro atoms. The predicted molar refractivity (Wildman–Crippen MR) is 130 cm³/mol. The average molecular weight is 467 g/mol. The lowest BCUT2D eigenvalue weighted by molar-refractivity contribution is -0.122. The third-order valence-electron chi connectivity index (χ3n) is 5.64. The summed E-state index contributed by atoms with van der Waals surface area (Å²) in [7, 11) is 4.67. The van der Waals surface area contributed by atoms with Crippen molar-refractivity contribution in [3.05, 3.63) is 89.2 Å². The fourth-order valence-corrected chi connectivity index (χ4v) is 3.71. The third-order valence-corrected chi connectivity index (χ3v) is 5.64. The van der Waals surface area contributed by atoms with Crippen LogP contribution in [-0.2, 0) is 11.3 Å². The molecule has 6 nitrogen and oxygen atoms in total. The van der Waals surface area contributed by atoms with E-state index in [-0.39, 0.29) is 24.2 Å². The first kappa shape index (κ1) is 25.1. The van der Waals surface area contributed by atoms with Crippen molar-refractivity contribution in [3.63, 3.8) is 0 Å². The van der Waals surface area contributed by atoms with Crippen LogP contribution >= 0.6 is 0 Å². The van der Waals surface area contributed by atoms with E-state index in [1.807, 2.05) is 60.4 Å². The molecule has 0 unspecified atom stereocenters. The molecule has 3 aromatic carbocycles. The number of halogens is 1. The number of hydrogen-bond donors (Lipinski definition) is 1. The molecule has 180 valence electrons. The number of rotatable bonds is 11. The van der Waals surface area contributed by atoms with Crippen LogP contribution in [0.5, 0.6) is 17.2 Å². The van der Waals surface area contributed by atoms with Crippen molar-refractivity contribution >= 4 is 5.91 Å². The van der Waals surface area contributed by atoms with Crippen LogP contribution < -0.4 is 19.5 Å². The molecule has 1 N–H and O–H groups in total. The molecule has 0 saturated carbocycles. The number of nitrogens with one attached hydrogen (secondary N) is 1. The Hall–Kier alpha value is -3.58. The smallest absolute Gasteiger partial charge is 0.234 e. The Morgan fingerprint density at radius 3 is 1.88 bits per heavy atom. The summed E-state index contributed by atoms with van der Waals surface area (Å²) in [4.78, 5) is 15.0. The lowest BCUT2D eigenvalue weighted by atomic mass is 9.98. The highest BCUT2D eigenvalue weighted by molar-refractivity contribution is 5.79. The zero-order valence-electron chi connectivity index (χ0n) is 20.0. The molecule has 0 heterocycles. The van der Waals surface area contributed by atoms with Gasteiger partial charge in [-0.05, 0) is 59.6 Å². The monoisotopic (exact) mass is 466 g/mol. The van der Waals surface area contributed by atoms with Gasteiger partial charge in [-0.15, -0.1) is 0 Å². The lowest BCUT2D eigenvalue weighted by Gasteiger charge is -2.24. The van der Waals surface area contributed by atoms with Gasteiger partial charge in [0.25, 0.3) is 0 Å². The Balaban J connectivity index is 1.75. The van der Waals surface area contributed by atoms with Gasteiger partial charge in [0, 0.05) is 6.54 Å². The molecule has 0 aliphatic heterocycles. The van der Waals surface area contributed by atoms with Crippen LogP contribution in [0.15, 0.2) is 66.7 Å². The number of ether oxygens (including phenoxy) is 3. The normalized spacial score (nSPS) is 10.9. The van der Waals surface area contributed by atoms with Gasteiger partial charge in [0.1, 0.15) is 11.5 Å². The molecule has 0 aromatic heterocycles. The van der Waals surface area contributed by atoms with Crippen LogP contribution in [0.3, 0.4) is 0 Å². The van der Waals surface area contributed by atoms with Gasteiger partial charge in [-0.3, -0.25) is 9.69 Å². The molecule has 34 heavy (non-hydrogen) atoms. The van der Waals surface area contributed by atoms with E-state index in [2.05, 4.69) is 5.32 Å². The quantitative estimate of drug-likeness (QED) is 0.448. The summed E-state index contributed by atoms with van der Waals surface area (Å²) < 4.78 is 29.6. The molecule has 3 rings (SSSR count). The molecule has 0 atom stereocenters. The maximum atomic E-state index is 14.1. The highest BCUT2D eigenvalue weighted by Crippen LogP contribution is 2.26. The van der Waals surface area contributed by atoms with E-state index in [1.165, 1.54) is 13.2 Å². The van der Waals surface area contributed by atoms with Gasteiger partial charge in [0.05, 0.1) is 33.9 Å². The molecule has 0 radical (unpaired) electrons. The lowest BCUT2D eigenvalue weighted by Crippen LogP contribution is -2.39. The summed E-state index contributed by atoms with van der Waals surface area (Å²) in [5.41, 5.74) is 2.63. The van der Waals surface area contributed by atoms with E-state index >= 15 is 0 Å². The molecule has 0 aliphatic rings. The fourth-order valence-electron chi connectivity index (χ4n) is 3.71. The fraction of sp³-hybridized carbons (Fsp3) is 0.296. The summed E-state index contributed by atoms with van der Waals surface area (Å²) in [6.07, 6.45) is 0. The number of benzene rings is 3. The van der Waals surface area contributed by atoms with Gasteiger partial charge >= 0.3 is 0 Å². The topological polar surface area (TPSA) is 60.0 Å². The van der Waals surface area contributed by atoms with Crippen molar-refractivity contribution in [2.75, 3.05) is 34.4 Å². The van der Waals surface area contributed by atoms with Gasteiger partial charge < -0.3 is 19.5 Å². The first-order valence-electron chi connectivity index (χ1n) is 11.1. The second-order valence-corrected chi connectivity index (χ2v) is 7.82. The summed E-state index contributed by atoms with van der Waals surface area (Å²) in [5, 5.41) is 3.15. The van der Waals surface area contributed by atoms with Crippen molar-refractivity contribution in [1.82, 2.24) is 10.2 Å². The van der Waals surface area contributed by atoms with E-state index < -0.39 is 5.82 Å². The van der Waals surface area contributed by atoms with Gasteiger partial charge in [0.2, 0.25) is 5.91 Å². The van der Waals surface area contributed by atoms with Crippen LogP contribution in [0.4, 0.5) is 4.39 Å². The van der Waals surface area contributed by atoms with Crippen molar-refractivity contribution in [2.45, 2.75) is 19.5 Å². The van der Waals surface area contributed by atoms with Crippen LogP contribution in [-0.4, -0.2) is 45.2 Å². The molecular formula is C27H31FN2O4. The number of hydrogen-bond acceptors (Lipinski definition) is 5. The molecule has 0 fully saturated rings. The number of methoxy groups -OCH3 is 3. The number of nitrogens with zero attached hydrogens (tertiary/aromatic N) is 1. The molecule has 0 saturated heterocycles. The molecule has 7 heteroatoms. The molecule has 3 aromatic rings. The summed E-state index contributed by atoms with van der Waals surface area (Å²) in [6, 6.07) is 19.7. The number of carbonyl (C=O) groups excluding carboxylic acids is 1. The minimum absolute atomic E-state index is 0.132. The van der Waals surface area contributed by atoms with Crippen molar-refractivity contribution in [2.24, 2.45) is 0 Å². The number of amides is 1. The second-order valence-electron chi connectivity index (χ2n) is 7.82. The zero-order chi connectivity index (χ0) is 24.5. The maximum Gasteiger partial charge on any atom is 0.234 e. The van der Waals surface area contributed by atoms with E-state index in [9.17, 15) is 9.18 Å². The first-order chi connectivity index (χ1) is 16.5. The average Bonchev–Trinajstić information content (AvgIpc) is 2.87. The number of carbonyl (C=O) groups is 1. The van der Waals surface area contributed by atoms with Crippen LogP contribution in [0, 0.1) is 5.82 Å². The van der Waals surface area contributed by atoms with Crippen molar-refractivity contribution in [3.8, 4) is 17.2 Å². The van der Waals surface area contributed by atoms with E-state index in [0.29, 0.717) is 13.1 Å². The predicted octanol–water partition coefficient (Wildman–Crippen LogP) is 4.58. The second kappa shape index (κ2) is 12.0. The summed E-state index contributed by atoms with van der Waals surface area (Å²) in [5.74, 6) is 1.14. The van der Waals surface area contributed by atoms with Crippen LogP contribution in [0.2, 0.25) is 0 Å². The SMILES string of the molecule is CCN(CC(=O)NC(c1ccc(OC)cc1)c1ccc(OC)cc1)Cc1ccc(OC)c(F)c1. The Labute approximate surface area is 200 Å². The van der Waals surface area contributed by atoms with Gasteiger partial charge in [-0.2, -0.15) is 0 Å². The van der Waals surface area contributed by atoms with Gasteiger partial charge in [-0.1, -0.05) is 37.3 Å². The van der Waals surface area contributed by atoms with Crippen LogP contribution in [0.25, 0.3) is 0 Å². The van der Waals surface area contributed by atoms with Gasteiger partial charge in [-0.25, -0.2) is 4.39 Å². The highest BCUT2D eigenvalue weighted by atomic mass is 19.1.